The van der Waals surface area contributed by atoms with Gasteiger partial charge in [0.2, 0.25) is 17.7 Å². The van der Waals surface area contributed by atoms with Gasteiger partial charge in [0.15, 0.2) is 0 Å². The third-order valence-electron chi connectivity index (χ3n) is 6.60. The lowest BCUT2D eigenvalue weighted by molar-refractivity contribution is -0.145. The standard InChI is InChI=1S/C32H46N4O6/c1-21(2)12-13-22(3)36(30(40)26(18-19-27(33)38)35-31(41)42-32(4,5)6)28(24-14-16-25(37)17-15-24)29(39)34-20-23-10-8-7-9-11-23/h7-11,14-17,21-22,26,28,37H,12-13,18-20H2,1-6H3,(H2,33,38)(H,34,39)(H,35,41). The number of hydrogen-bond donors (Lipinski definition) is 4. The van der Waals surface area contributed by atoms with Gasteiger partial charge < -0.3 is 31.1 Å². The summed E-state index contributed by atoms with van der Waals surface area (Å²) in [7, 11) is 0. The van der Waals surface area contributed by atoms with Crippen molar-refractivity contribution in [2.75, 3.05) is 0 Å². The number of alkyl carbamates (subject to hydrolysis) is 1. The van der Waals surface area contributed by atoms with Crippen LogP contribution in [-0.4, -0.2) is 51.5 Å². The number of ether oxygens (including phenoxy) is 1. The lowest BCUT2D eigenvalue weighted by Crippen LogP contribution is -2.55. The van der Waals surface area contributed by atoms with Crippen LogP contribution in [0.15, 0.2) is 54.6 Å². The van der Waals surface area contributed by atoms with Crippen molar-refractivity contribution in [2.45, 2.75) is 97.5 Å². The monoisotopic (exact) mass is 582 g/mol. The zero-order chi connectivity index (χ0) is 31.4. The van der Waals surface area contributed by atoms with Gasteiger partial charge in [-0.2, -0.15) is 0 Å². The highest BCUT2D eigenvalue weighted by molar-refractivity contribution is 5.92. The predicted octanol–water partition coefficient (Wildman–Crippen LogP) is 4.56. The molecule has 5 N–H and O–H groups in total. The van der Waals surface area contributed by atoms with E-state index in [4.69, 9.17) is 10.5 Å². The van der Waals surface area contributed by atoms with Crippen LogP contribution in [0.25, 0.3) is 0 Å². The van der Waals surface area contributed by atoms with Crippen molar-refractivity contribution in [3.8, 4) is 5.75 Å². The van der Waals surface area contributed by atoms with E-state index >= 15 is 0 Å². The van der Waals surface area contributed by atoms with Crippen LogP contribution in [0.4, 0.5) is 4.79 Å². The molecule has 0 aliphatic heterocycles. The van der Waals surface area contributed by atoms with Crippen molar-refractivity contribution < 1.29 is 29.0 Å². The van der Waals surface area contributed by atoms with Gasteiger partial charge in [-0.3, -0.25) is 14.4 Å². The molecule has 10 nitrogen and oxygen atoms in total. The van der Waals surface area contributed by atoms with Crippen molar-refractivity contribution in [3.63, 3.8) is 0 Å². The number of nitrogens with one attached hydrogen (secondary N) is 2. The topological polar surface area (TPSA) is 151 Å². The fourth-order valence-electron chi connectivity index (χ4n) is 4.46. The van der Waals surface area contributed by atoms with E-state index in [2.05, 4.69) is 24.5 Å². The fraction of sp³-hybridized carbons (Fsp3) is 0.500. The van der Waals surface area contributed by atoms with Crippen LogP contribution in [-0.2, 0) is 25.7 Å². The van der Waals surface area contributed by atoms with Gasteiger partial charge in [0.25, 0.3) is 0 Å². The van der Waals surface area contributed by atoms with Gasteiger partial charge in [-0.05, 0) is 76.1 Å². The Balaban J connectivity index is 2.56. The number of primary amides is 1. The Hall–Kier alpha value is -4.08. The van der Waals surface area contributed by atoms with E-state index in [1.54, 1.807) is 32.9 Å². The van der Waals surface area contributed by atoms with E-state index < -0.39 is 47.5 Å². The van der Waals surface area contributed by atoms with Crippen LogP contribution >= 0.6 is 0 Å². The van der Waals surface area contributed by atoms with Gasteiger partial charge in [-0.15, -0.1) is 0 Å². The summed E-state index contributed by atoms with van der Waals surface area (Å²) in [5.41, 5.74) is 5.94. The highest BCUT2D eigenvalue weighted by Crippen LogP contribution is 2.29. The number of phenols is 1. The number of phenolic OH excluding ortho intramolecular Hbond substituents is 1. The molecule has 0 spiro atoms. The van der Waals surface area contributed by atoms with Gasteiger partial charge >= 0.3 is 6.09 Å². The Morgan fingerprint density at radius 2 is 1.55 bits per heavy atom. The molecule has 3 atom stereocenters. The minimum Gasteiger partial charge on any atom is -0.508 e. The SMILES string of the molecule is CC(C)CCC(C)N(C(=O)C(CCC(N)=O)NC(=O)OC(C)(C)C)C(C(=O)NCc1ccccc1)c1ccc(O)cc1. The molecule has 3 unspecified atom stereocenters. The average molecular weight is 583 g/mol. The molecule has 0 heterocycles. The largest absolute Gasteiger partial charge is 0.508 e. The van der Waals surface area contributed by atoms with Crippen molar-refractivity contribution in [1.82, 2.24) is 15.5 Å². The highest BCUT2D eigenvalue weighted by atomic mass is 16.6. The third kappa shape index (κ3) is 11.4. The Morgan fingerprint density at radius 3 is 2.10 bits per heavy atom. The first-order valence-electron chi connectivity index (χ1n) is 14.4. The van der Waals surface area contributed by atoms with E-state index in [1.807, 2.05) is 37.3 Å². The van der Waals surface area contributed by atoms with E-state index in [9.17, 15) is 24.3 Å². The van der Waals surface area contributed by atoms with Gasteiger partial charge in [-0.25, -0.2) is 4.79 Å². The number of amides is 4. The quantitative estimate of drug-likeness (QED) is 0.256. The average Bonchev–Trinajstić information content (AvgIpc) is 2.91. The first kappa shape index (κ1) is 34.1. The molecule has 230 valence electrons. The minimum absolute atomic E-state index is 0.0128. The molecule has 2 rings (SSSR count). The first-order chi connectivity index (χ1) is 19.7. The second-order valence-electron chi connectivity index (χ2n) is 12.0. The van der Waals surface area contributed by atoms with Gasteiger partial charge in [-0.1, -0.05) is 56.3 Å². The van der Waals surface area contributed by atoms with E-state index in [1.165, 1.54) is 17.0 Å². The number of nitrogens with zero attached hydrogens (tertiary/aromatic N) is 1. The summed E-state index contributed by atoms with van der Waals surface area (Å²) in [5, 5.41) is 15.5. The molecule has 0 bridgehead atoms. The maximum absolute atomic E-state index is 14.4. The number of rotatable bonds is 14. The number of benzene rings is 2. The molecule has 0 aliphatic rings. The lowest BCUT2D eigenvalue weighted by Gasteiger charge is -2.39. The summed E-state index contributed by atoms with van der Waals surface area (Å²) in [6.07, 6.45) is 0.303. The predicted molar refractivity (Wildman–Crippen MR) is 161 cm³/mol. The summed E-state index contributed by atoms with van der Waals surface area (Å²) in [6, 6.07) is 12.8. The molecule has 0 radical (unpaired) electrons. The second kappa shape index (κ2) is 15.8. The van der Waals surface area contributed by atoms with Gasteiger partial charge in [0.1, 0.15) is 23.4 Å². The molecular weight excluding hydrogens is 536 g/mol. The molecule has 0 saturated carbocycles. The van der Waals surface area contributed by atoms with Crippen LogP contribution in [0.2, 0.25) is 0 Å². The van der Waals surface area contributed by atoms with Crippen molar-refractivity contribution >= 4 is 23.8 Å². The van der Waals surface area contributed by atoms with E-state index in [0.717, 1.165) is 12.0 Å². The summed E-state index contributed by atoms with van der Waals surface area (Å²) < 4.78 is 5.39. The molecule has 0 aliphatic carbocycles. The van der Waals surface area contributed by atoms with E-state index in [-0.39, 0.29) is 25.1 Å². The molecule has 2 aromatic rings. The summed E-state index contributed by atoms with van der Waals surface area (Å²) in [4.78, 5) is 54.3. The Bertz CT molecular complexity index is 1180. The summed E-state index contributed by atoms with van der Waals surface area (Å²) in [5.74, 6) is -1.26. The molecule has 0 fully saturated rings. The van der Waals surface area contributed by atoms with Crippen LogP contribution in [0, 0.1) is 5.92 Å². The van der Waals surface area contributed by atoms with Crippen LogP contribution in [0.1, 0.15) is 84.4 Å². The van der Waals surface area contributed by atoms with E-state index in [0.29, 0.717) is 17.9 Å². The fourth-order valence-corrected chi connectivity index (χ4v) is 4.46. The summed E-state index contributed by atoms with van der Waals surface area (Å²) >= 11 is 0. The number of carbonyl (C=O) groups excluding carboxylic acids is 4. The maximum atomic E-state index is 14.4. The number of hydrogen-bond acceptors (Lipinski definition) is 6. The molecule has 4 amide bonds. The van der Waals surface area contributed by atoms with Crippen LogP contribution in [0.5, 0.6) is 5.75 Å². The van der Waals surface area contributed by atoms with Crippen molar-refractivity contribution in [3.05, 3.63) is 65.7 Å². The minimum atomic E-state index is -1.18. The molecule has 0 saturated heterocycles. The van der Waals surface area contributed by atoms with Gasteiger partial charge in [0.05, 0.1) is 0 Å². The Labute approximate surface area is 249 Å². The van der Waals surface area contributed by atoms with Crippen LogP contribution in [0.3, 0.4) is 0 Å². The Morgan fingerprint density at radius 1 is 0.929 bits per heavy atom. The Kier molecular flexibility index (Phi) is 12.8. The smallest absolute Gasteiger partial charge is 0.408 e. The van der Waals surface area contributed by atoms with Crippen LogP contribution < -0.4 is 16.4 Å². The molecule has 2 aromatic carbocycles. The molecular formula is C32H46N4O6. The zero-order valence-electron chi connectivity index (χ0n) is 25.6. The normalized spacial score (nSPS) is 13.5. The molecule has 0 aromatic heterocycles. The van der Waals surface area contributed by atoms with Crippen molar-refractivity contribution in [1.29, 1.82) is 0 Å². The number of nitrogens with two attached hydrogens (primary N) is 1. The lowest BCUT2D eigenvalue weighted by atomic mass is 9.96. The highest BCUT2D eigenvalue weighted by Gasteiger charge is 2.39. The second-order valence-corrected chi connectivity index (χ2v) is 12.0. The first-order valence-corrected chi connectivity index (χ1v) is 14.4. The van der Waals surface area contributed by atoms with Gasteiger partial charge in [0, 0.05) is 19.0 Å². The number of carbonyl (C=O) groups is 4. The molecule has 42 heavy (non-hydrogen) atoms. The van der Waals surface area contributed by atoms with Crippen molar-refractivity contribution in [2.24, 2.45) is 11.7 Å². The third-order valence-corrected chi connectivity index (χ3v) is 6.60. The number of aromatic hydroxyl groups is 1. The molecule has 10 heteroatoms. The summed E-state index contributed by atoms with van der Waals surface area (Å²) in [6.45, 7) is 11.3. The zero-order valence-corrected chi connectivity index (χ0v) is 25.6. The maximum Gasteiger partial charge on any atom is 0.408 e.